The normalized spacial score (nSPS) is 46.7. The fraction of sp³-hybridized carbons (Fsp3) is 0.679. The highest BCUT2D eigenvalue weighted by molar-refractivity contribution is 5.91. The van der Waals surface area contributed by atoms with Crippen molar-refractivity contribution in [1.29, 1.82) is 0 Å². The average molecular weight is 453 g/mol. The number of hydrogen-bond donors (Lipinski definition) is 0. The monoisotopic (exact) mass is 452 g/mol. The number of cyclic esters (lactones) is 1. The number of benzene rings is 1. The van der Waals surface area contributed by atoms with E-state index >= 15 is 0 Å². The van der Waals surface area contributed by atoms with E-state index in [4.69, 9.17) is 18.9 Å². The molecule has 0 amide bonds. The Morgan fingerprint density at radius 3 is 2.48 bits per heavy atom. The first kappa shape index (κ1) is 21.8. The fourth-order valence-corrected chi connectivity index (χ4v) is 8.14. The predicted molar refractivity (Wildman–Crippen MR) is 123 cm³/mol. The van der Waals surface area contributed by atoms with Gasteiger partial charge in [-0.3, -0.25) is 0 Å². The van der Waals surface area contributed by atoms with Gasteiger partial charge in [-0.25, -0.2) is 4.79 Å². The number of hydrogen-bond acceptors (Lipinski definition) is 5. The van der Waals surface area contributed by atoms with Crippen LogP contribution in [0.25, 0.3) is 0 Å². The van der Waals surface area contributed by atoms with Crippen LogP contribution in [-0.4, -0.2) is 37.0 Å². The van der Waals surface area contributed by atoms with Gasteiger partial charge in [0.1, 0.15) is 6.61 Å². The van der Waals surface area contributed by atoms with Crippen LogP contribution in [0.15, 0.2) is 35.9 Å². The summed E-state index contributed by atoms with van der Waals surface area (Å²) in [6.45, 7) is 10.3. The molecular weight excluding hydrogens is 416 g/mol. The number of carbonyl (C=O) groups excluding carboxylic acids is 1. The number of aryl methyl sites for hydroxylation is 1. The third kappa shape index (κ3) is 3.19. The molecule has 4 fully saturated rings. The van der Waals surface area contributed by atoms with Crippen LogP contribution in [0.4, 0.5) is 0 Å². The van der Waals surface area contributed by atoms with E-state index in [-0.39, 0.29) is 40.9 Å². The Balaban J connectivity index is 1.25. The first-order chi connectivity index (χ1) is 15.7. The van der Waals surface area contributed by atoms with E-state index in [1.807, 2.05) is 6.08 Å². The van der Waals surface area contributed by atoms with E-state index < -0.39 is 0 Å². The summed E-state index contributed by atoms with van der Waals surface area (Å²) in [4.78, 5) is 12.2. The minimum Gasteiger partial charge on any atom is -0.458 e. The van der Waals surface area contributed by atoms with Crippen molar-refractivity contribution in [3.63, 3.8) is 0 Å². The molecule has 2 saturated carbocycles. The number of ether oxygens (including phenoxy) is 4. The van der Waals surface area contributed by atoms with E-state index in [1.165, 1.54) is 5.56 Å². The molecular formula is C28H36O5. The molecule has 1 aromatic rings. The summed E-state index contributed by atoms with van der Waals surface area (Å²) in [5.41, 5.74) is 3.02. The van der Waals surface area contributed by atoms with Crippen LogP contribution in [0.1, 0.15) is 70.3 Å². The van der Waals surface area contributed by atoms with E-state index in [2.05, 4.69) is 52.0 Å². The van der Waals surface area contributed by atoms with Crippen LogP contribution in [0.2, 0.25) is 0 Å². The molecule has 0 radical (unpaired) electrons. The zero-order chi connectivity index (χ0) is 23.0. The molecule has 33 heavy (non-hydrogen) atoms. The summed E-state index contributed by atoms with van der Waals surface area (Å²) in [5.74, 6) is 0.721. The number of esters is 1. The SMILES string of the molecule is Cc1ccc(C2OCC3(C)C(CCC4(C)C5CC(C6=CCOC6=O)OC5(C)CCC34)O2)cc1. The topological polar surface area (TPSA) is 54.0 Å². The van der Waals surface area contributed by atoms with Crippen LogP contribution in [0.3, 0.4) is 0 Å². The molecule has 3 heterocycles. The lowest BCUT2D eigenvalue weighted by atomic mass is 9.44. The predicted octanol–water partition coefficient (Wildman–Crippen LogP) is 5.27. The quantitative estimate of drug-likeness (QED) is 0.572. The van der Waals surface area contributed by atoms with Crippen molar-refractivity contribution in [3.05, 3.63) is 47.0 Å². The molecule has 5 aliphatic rings. The number of carbonyl (C=O) groups is 1. The molecule has 2 aliphatic carbocycles. The van der Waals surface area contributed by atoms with Crippen LogP contribution in [0.5, 0.6) is 0 Å². The van der Waals surface area contributed by atoms with Crippen molar-refractivity contribution in [2.24, 2.45) is 22.7 Å². The van der Waals surface area contributed by atoms with Gasteiger partial charge in [0, 0.05) is 11.0 Å². The largest absolute Gasteiger partial charge is 0.458 e. The second-order valence-corrected chi connectivity index (χ2v) is 11.8. The Morgan fingerprint density at radius 1 is 0.970 bits per heavy atom. The Labute approximate surface area is 196 Å². The summed E-state index contributed by atoms with van der Waals surface area (Å²) >= 11 is 0. The van der Waals surface area contributed by atoms with Gasteiger partial charge >= 0.3 is 5.97 Å². The molecule has 178 valence electrons. The Bertz CT molecular complexity index is 985. The zero-order valence-electron chi connectivity index (χ0n) is 20.3. The molecule has 0 N–H and O–H groups in total. The first-order valence-corrected chi connectivity index (χ1v) is 12.6. The number of rotatable bonds is 2. The van der Waals surface area contributed by atoms with Gasteiger partial charge in [0.15, 0.2) is 6.29 Å². The molecule has 5 nitrogen and oxygen atoms in total. The van der Waals surface area contributed by atoms with Crippen LogP contribution in [0, 0.1) is 29.6 Å². The Morgan fingerprint density at radius 2 is 1.76 bits per heavy atom. The second-order valence-electron chi connectivity index (χ2n) is 11.8. The molecule has 0 bridgehead atoms. The van der Waals surface area contributed by atoms with Gasteiger partial charge in [-0.15, -0.1) is 0 Å². The van der Waals surface area contributed by atoms with Gasteiger partial charge < -0.3 is 18.9 Å². The minimum absolute atomic E-state index is 0.0147. The maximum atomic E-state index is 12.2. The van der Waals surface area contributed by atoms with Gasteiger partial charge in [0.05, 0.1) is 30.0 Å². The lowest BCUT2D eigenvalue weighted by Crippen LogP contribution is -2.63. The molecule has 0 aromatic heterocycles. The van der Waals surface area contributed by atoms with E-state index in [9.17, 15) is 4.79 Å². The second kappa shape index (κ2) is 7.40. The maximum absolute atomic E-state index is 12.2. The molecule has 5 heteroatoms. The summed E-state index contributed by atoms with van der Waals surface area (Å²) in [7, 11) is 0. The van der Waals surface area contributed by atoms with Crippen molar-refractivity contribution >= 4 is 5.97 Å². The summed E-state index contributed by atoms with van der Waals surface area (Å²) < 4.78 is 24.9. The lowest BCUT2D eigenvalue weighted by molar-refractivity contribution is -0.314. The minimum atomic E-state index is -0.276. The summed E-state index contributed by atoms with van der Waals surface area (Å²) in [6, 6.07) is 8.50. The van der Waals surface area contributed by atoms with Crippen molar-refractivity contribution < 1.29 is 23.7 Å². The maximum Gasteiger partial charge on any atom is 0.336 e. The van der Waals surface area contributed by atoms with Crippen molar-refractivity contribution in [2.45, 2.75) is 83.9 Å². The van der Waals surface area contributed by atoms with E-state index in [0.717, 1.165) is 49.8 Å². The highest BCUT2D eigenvalue weighted by atomic mass is 16.7. The highest BCUT2D eigenvalue weighted by Crippen LogP contribution is 2.67. The van der Waals surface area contributed by atoms with E-state index in [0.29, 0.717) is 18.4 Å². The zero-order valence-corrected chi connectivity index (χ0v) is 20.3. The van der Waals surface area contributed by atoms with Gasteiger partial charge in [0.25, 0.3) is 0 Å². The molecule has 1 aromatic carbocycles. The van der Waals surface area contributed by atoms with Crippen LogP contribution >= 0.6 is 0 Å². The summed E-state index contributed by atoms with van der Waals surface area (Å²) in [6.07, 6.45) is 6.89. The average Bonchev–Trinajstić information content (AvgIpc) is 3.37. The molecule has 8 atom stereocenters. The third-order valence-corrected chi connectivity index (χ3v) is 9.88. The standard InChI is InChI=1S/C28H36O5/c1-17-5-7-18(8-6-17)25-31-16-27(3)21-9-13-28(4)22(26(21,2)12-10-23(27)32-25)15-20(33-28)19-11-14-30-24(19)29/h5-8,11,20-23,25H,9-10,12-16H2,1-4H3. The van der Waals surface area contributed by atoms with Crippen LogP contribution < -0.4 is 0 Å². The van der Waals surface area contributed by atoms with E-state index in [1.54, 1.807) is 0 Å². The van der Waals surface area contributed by atoms with Crippen molar-refractivity contribution in [1.82, 2.24) is 0 Å². The van der Waals surface area contributed by atoms with Gasteiger partial charge in [-0.1, -0.05) is 43.7 Å². The molecule has 8 unspecified atom stereocenters. The van der Waals surface area contributed by atoms with Crippen molar-refractivity contribution in [3.8, 4) is 0 Å². The smallest absolute Gasteiger partial charge is 0.336 e. The third-order valence-electron chi connectivity index (χ3n) is 9.88. The fourth-order valence-electron chi connectivity index (χ4n) is 8.14. The van der Waals surface area contributed by atoms with Gasteiger partial charge in [-0.2, -0.15) is 0 Å². The van der Waals surface area contributed by atoms with Crippen LogP contribution in [-0.2, 0) is 23.7 Å². The first-order valence-electron chi connectivity index (χ1n) is 12.6. The molecule has 0 spiro atoms. The highest BCUT2D eigenvalue weighted by Gasteiger charge is 2.66. The van der Waals surface area contributed by atoms with Gasteiger partial charge in [-0.05, 0) is 69.3 Å². The van der Waals surface area contributed by atoms with Gasteiger partial charge in [0.2, 0.25) is 0 Å². The Kier molecular flexibility index (Phi) is 4.89. The Hall–Kier alpha value is -1.69. The molecule has 3 aliphatic heterocycles. The molecule has 2 saturated heterocycles. The molecule has 6 rings (SSSR count). The summed E-state index contributed by atoms with van der Waals surface area (Å²) in [5, 5.41) is 0. The number of fused-ring (bicyclic) bond motifs is 5. The van der Waals surface area contributed by atoms with Crippen molar-refractivity contribution in [2.75, 3.05) is 13.2 Å². The lowest BCUT2D eigenvalue weighted by Gasteiger charge is -2.64.